The second-order valence-electron chi connectivity index (χ2n) is 2.01. The minimum atomic E-state index is 0.986. The normalized spacial score (nSPS) is 13.4. The molecule has 0 aliphatic carbocycles. The standard InChI is InChI=1S/C7H15N/c1-4-6(3)7(8)5-2/h4-5,8H2,1-3H3. The Morgan fingerprint density at radius 1 is 1.25 bits per heavy atom. The van der Waals surface area contributed by atoms with Gasteiger partial charge in [-0.2, -0.15) is 0 Å². The summed E-state index contributed by atoms with van der Waals surface area (Å²) in [7, 11) is 0. The third kappa shape index (κ3) is 2.01. The number of hydrogen-bond donors (Lipinski definition) is 1. The van der Waals surface area contributed by atoms with E-state index in [0.29, 0.717) is 0 Å². The Bertz CT molecular complexity index is 80.6. The lowest BCUT2D eigenvalue weighted by atomic mass is 10.1. The van der Waals surface area contributed by atoms with Crippen molar-refractivity contribution in [2.24, 2.45) is 5.73 Å². The van der Waals surface area contributed by atoms with Gasteiger partial charge in [-0.15, -0.1) is 0 Å². The predicted molar refractivity (Wildman–Crippen MR) is 37.5 cm³/mol. The van der Waals surface area contributed by atoms with Crippen molar-refractivity contribution in [3.63, 3.8) is 0 Å². The molecule has 0 spiro atoms. The highest BCUT2D eigenvalue weighted by atomic mass is 14.6. The van der Waals surface area contributed by atoms with Gasteiger partial charge in [0.25, 0.3) is 0 Å². The molecule has 0 atom stereocenters. The van der Waals surface area contributed by atoms with Gasteiger partial charge in [-0.25, -0.2) is 0 Å². The van der Waals surface area contributed by atoms with Gasteiger partial charge >= 0.3 is 0 Å². The third-order valence-corrected chi connectivity index (χ3v) is 1.46. The van der Waals surface area contributed by atoms with Gasteiger partial charge in [0, 0.05) is 5.70 Å². The maximum absolute atomic E-state index is 5.61. The van der Waals surface area contributed by atoms with Crippen LogP contribution >= 0.6 is 0 Å². The highest BCUT2D eigenvalue weighted by Crippen LogP contribution is 2.04. The first-order valence-electron chi connectivity index (χ1n) is 3.16. The second-order valence-corrected chi connectivity index (χ2v) is 2.01. The van der Waals surface area contributed by atoms with E-state index in [1.807, 2.05) is 0 Å². The lowest BCUT2D eigenvalue weighted by molar-refractivity contribution is 0.966. The Hall–Kier alpha value is -0.460. The second kappa shape index (κ2) is 3.53. The topological polar surface area (TPSA) is 26.0 Å². The Balaban J connectivity index is 3.83. The molecule has 0 radical (unpaired) electrons. The third-order valence-electron chi connectivity index (χ3n) is 1.46. The molecule has 0 unspecified atom stereocenters. The van der Waals surface area contributed by atoms with Gasteiger partial charge in [0.2, 0.25) is 0 Å². The van der Waals surface area contributed by atoms with Crippen LogP contribution in [-0.2, 0) is 0 Å². The molecule has 0 saturated carbocycles. The van der Waals surface area contributed by atoms with Crippen molar-refractivity contribution < 1.29 is 0 Å². The molecular weight excluding hydrogens is 98.1 g/mol. The first kappa shape index (κ1) is 7.54. The molecule has 0 aromatic heterocycles. The Morgan fingerprint density at radius 3 is 1.88 bits per heavy atom. The van der Waals surface area contributed by atoms with Crippen LogP contribution < -0.4 is 5.73 Å². The van der Waals surface area contributed by atoms with Gasteiger partial charge < -0.3 is 5.73 Å². The van der Waals surface area contributed by atoms with Crippen LogP contribution in [0, 0.1) is 0 Å². The van der Waals surface area contributed by atoms with Crippen LogP contribution in [0.15, 0.2) is 11.3 Å². The smallest absolute Gasteiger partial charge is 0.00666 e. The van der Waals surface area contributed by atoms with Crippen LogP contribution in [-0.4, -0.2) is 0 Å². The quantitative estimate of drug-likeness (QED) is 0.582. The van der Waals surface area contributed by atoms with Gasteiger partial charge in [-0.05, 0) is 19.8 Å². The summed E-state index contributed by atoms with van der Waals surface area (Å²) in [6, 6.07) is 0. The molecule has 1 nitrogen and oxygen atoms in total. The van der Waals surface area contributed by atoms with Crippen LogP contribution in [0.3, 0.4) is 0 Å². The summed E-state index contributed by atoms with van der Waals surface area (Å²) in [4.78, 5) is 0. The van der Waals surface area contributed by atoms with Crippen LogP contribution in [0.2, 0.25) is 0 Å². The van der Waals surface area contributed by atoms with Crippen molar-refractivity contribution in [2.75, 3.05) is 0 Å². The van der Waals surface area contributed by atoms with Crippen LogP contribution in [0.4, 0.5) is 0 Å². The molecule has 0 aromatic carbocycles. The van der Waals surface area contributed by atoms with Crippen molar-refractivity contribution in [3.05, 3.63) is 11.3 Å². The number of nitrogens with two attached hydrogens (primary N) is 1. The van der Waals surface area contributed by atoms with E-state index in [-0.39, 0.29) is 0 Å². The SMILES string of the molecule is CCC(C)=C(N)CC. The summed E-state index contributed by atoms with van der Waals surface area (Å²) >= 11 is 0. The molecule has 0 amide bonds. The minimum Gasteiger partial charge on any atom is -0.402 e. The summed E-state index contributed by atoms with van der Waals surface area (Å²) in [5, 5.41) is 0. The highest BCUT2D eigenvalue weighted by Gasteiger charge is 1.89. The molecule has 0 bridgehead atoms. The van der Waals surface area contributed by atoms with Gasteiger partial charge in [-0.1, -0.05) is 19.4 Å². The van der Waals surface area contributed by atoms with Crippen LogP contribution in [0.5, 0.6) is 0 Å². The van der Waals surface area contributed by atoms with Crippen LogP contribution in [0.1, 0.15) is 33.6 Å². The molecule has 0 aliphatic rings. The molecule has 0 saturated heterocycles. The summed E-state index contributed by atoms with van der Waals surface area (Å²) in [6.45, 7) is 6.28. The van der Waals surface area contributed by atoms with Gasteiger partial charge in [0.1, 0.15) is 0 Å². The minimum absolute atomic E-state index is 0.986. The molecule has 0 aliphatic heterocycles. The fourth-order valence-corrected chi connectivity index (χ4v) is 0.529. The average Bonchev–Trinajstić information content (AvgIpc) is 1.84. The van der Waals surface area contributed by atoms with E-state index in [1.165, 1.54) is 5.57 Å². The molecule has 0 heterocycles. The number of rotatable bonds is 2. The van der Waals surface area contributed by atoms with E-state index in [4.69, 9.17) is 5.73 Å². The highest BCUT2D eigenvalue weighted by molar-refractivity contribution is 5.06. The first-order valence-corrected chi connectivity index (χ1v) is 3.16. The fraction of sp³-hybridized carbons (Fsp3) is 0.714. The zero-order valence-corrected chi connectivity index (χ0v) is 5.99. The molecule has 0 rings (SSSR count). The Morgan fingerprint density at radius 2 is 1.75 bits per heavy atom. The molecule has 1 heteroatoms. The maximum Gasteiger partial charge on any atom is 0.00666 e. The summed E-state index contributed by atoms with van der Waals surface area (Å²) < 4.78 is 0. The van der Waals surface area contributed by atoms with Crippen LogP contribution in [0.25, 0.3) is 0 Å². The zero-order chi connectivity index (χ0) is 6.57. The van der Waals surface area contributed by atoms with Crippen molar-refractivity contribution in [3.8, 4) is 0 Å². The Labute approximate surface area is 51.6 Å². The van der Waals surface area contributed by atoms with Gasteiger partial charge in [0.15, 0.2) is 0 Å². The fourth-order valence-electron chi connectivity index (χ4n) is 0.529. The largest absolute Gasteiger partial charge is 0.402 e. The molecule has 0 aromatic rings. The molecular formula is C7H15N. The average molecular weight is 113 g/mol. The lowest BCUT2D eigenvalue weighted by Gasteiger charge is -1.99. The lowest BCUT2D eigenvalue weighted by Crippen LogP contribution is -1.97. The number of allylic oxidation sites excluding steroid dienone is 2. The molecule has 2 N–H and O–H groups in total. The van der Waals surface area contributed by atoms with Crippen molar-refractivity contribution in [1.82, 2.24) is 0 Å². The van der Waals surface area contributed by atoms with E-state index < -0.39 is 0 Å². The first-order chi connectivity index (χ1) is 3.72. The summed E-state index contributed by atoms with van der Waals surface area (Å²) in [5.74, 6) is 0. The van der Waals surface area contributed by atoms with Crippen molar-refractivity contribution >= 4 is 0 Å². The van der Waals surface area contributed by atoms with E-state index in [9.17, 15) is 0 Å². The maximum atomic E-state index is 5.61. The monoisotopic (exact) mass is 113 g/mol. The summed E-state index contributed by atoms with van der Waals surface area (Å²) in [6.07, 6.45) is 2.07. The van der Waals surface area contributed by atoms with E-state index in [1.54, 1.807) is 0 Å². The number of hydrogen-bond acceptors (Lipinski definition) is 1. The van der Waals surface area contributed by atoms with Crippen molar-refractivity contribution in [2.45, 2.75) is 33.6 Å². The molecule has 0 fully saturated rings. The van der Waals surface area contributed by atoms with Crippen molar-refractivity contribution in [1.29, 1.82) is 0 Å². The molecule has 48 valence electrons. The van der Waals surface area contributed by atoms with E-state index in [0.717, 1.165) is 18.5 Å². The molecule has 8 heavy (non-hydrogen) atoms. The zero-order valence-electron chi connectivity index (χ0n) is 5.99. The van der Waals surface area contributed by atoms with E-state index >= 15 is 0 Å². The Kier molecular flexibility index (Phi) is 3.33. The van der Waals surface area contributed by atoms with Gasteiger partial charge in [0.05, 0.1) is 0 Å². The van der Waals surface area contributed by atoms with Gasteiger partial charge in [-0.3, -0.25) is 0 Å². The van der Waals surface area contributed by atoms with E-state index in [2.05, 4.69) is 20.8 Å². The predicted octanol–water partition coefficient (Wildman–Crippen LogP) is 2.04. The summed E-state index contributed by atoms with van der Waals surface area (Å²) in [5.41, 5.74) is 7.98.